The maximum Gasteiger partial charge on any atom is 0.282 e. The van der Waals surface area contributed by atoms with Crippen LogP contribution in [0.4, 0.5) is 5.69 Å². The molecule has 40 heavy (non-hydrogen) atoms. The Hall–Kier alpha value is -4.25. The van der Waals surface area contributed by atoms with Gasteiger partial charge in [-0.05, 0) is 54.8 Å². The molecule has 0 bridgehead atoms. The highest BCUT2D eigenvalue weighted by Gasteiger charge is 2.23. The number of halogens is 1. The van der Waals surface area contributed by atoms with Crippen LogP contribution in [-0.4, -0.2) is 27.6 Å². The molecule has 1 fully saturated rings. The first-order chi connectivity index (χ1) is 19.5. The van der Waals surface area contributed by atoms with E-state index in [1.54, 1.807) is 6.07 Å². The summed E-state index contributed by atoms with van der Waals surface area (Å²) in [6.07, 6.45) is 6.55. The van der Waals surface area contributed by atoms with Crippen molar-refractivity contribution in [1.29, 1.82) is 0 Å². The highest BCUT2D eigenvalue weighted by Crippen LogP contribution is 2.34. The van der Waals surface area contributed by atoms with Gasteiger partial charge >= 0.3 is 0 Å². The summed E-state index contributed by atoms with van der Waals surface area (Å²) in [5, 5.41) is 16.5. The fraction of sp³-hybridized carbons (Fsp3) is 0.276. The van der Waals surface area contributed by atoms with E-state index < -0.39 is 4.92 Å². The van der Waals surface area contributed by atoms with Gasteiger partial charge in [0, 0.05) is 28.1 Å². The Morgan fingerprint density at radius 1 is 1.07 bits per heavy atom. The monoisotopic (exact) mass is 604 g/mol. The third-order valence-corrected chi connectivity index (χ3v) is 7.64. The van der Waals surface area contributed by atoms with Crippen molar-refractivity contribution in [2.24, 2.45) is 5.10 Å². The second-order valence-corrected chi connectivity index (χ2v) is 10.7. The van der Waals surface area contributed by atoms with Crippen molar-refractivity contribution in [2.45, 2.75) is 44.6 Å². The minimum atomic E-state index is -0.478. The molecule has 10 nitrogen and oxygen atoms in total. The molecule has 2 aliphatic rings. The fourth-order valence-electron chi connectivity index (χ4n) is 5.10. The molecule has 1 aromatic heterocycles. The second kappa shape index (κ2) is 11.1. The van der Waals surface area contributed by atoms with Crippen LogP contribution in [0.25, 0.3) is 10.9 Å². The van der Waals surface area contributed by atoms with E-state index in [1.807, 2.05) is 30.3 Å². The van der Waals surface area contributed by atoms with Crippen molar-refractivity contribution in [3.63, 3.8) is 0 Å². The molecule has 0 atom stereocenters. The molecule has 1 saturated carbocycles. The van der Waals surface area contributed by atoms with E-state index in [1.165, 1.54) is 29.1 Å². The topological polar surface area (TPSA) is 118 Å². The second-order valence-electron chi connectivity index (χ2n) is 9.78. The van der Waals surface area contributed by atoms with Crippen molar-refractivity contribution in [3.8, 4) is 17.2 Å². The van der Waals surface area contributed by atoms with Gasteiger partial charge in [0.1, 0.15) is 18.2 Å². The van der Waals surface area contributed by atoms with E-state index in [0.29, 0.717) is 39.5 Å². The molecule has 0 amide bonds. The maximum absolute atomic E-state index is 13.7. The molecule has 1 aliphatic heterocycles. The molecule has 204 valence electrons. The molecule has 11 heteroatoms. The highest BCUT2D eigenvalue weighted by atomic mass is 79.9. The Morgan fingerprint density at radius 2 is 1.90 bits per heavy atom. The Balaban J connectivity index is 1.38. The number of nitrogens with zero attached hydrogens (tertiary/aromatic N) is 4. The number of aromatic nitrogens is 2. The summed E-state index contributed by atoms with van der Waals surface area (Å²) in [6, 6.07) is 15.2. The Kier molecular flexibility index (Phi) is 7.21. The van der Waals surface area contributed by atoms with Gasteiger partial charge in [0.05, 0.1) is 22.0 Å². The van der Waals surface area contributed by atoms with Crippen LogP contribution < -0.4 is 19.8 Å². The lowest BCUT2D eigenvalue weighted by Crippen LogP contribution is -2.25. The first-order valence-corrected chi connectivity index (χ1v) is 13.8. The molecular formula is C29H25BrN4O6. The van der Waals surface area contributed by atoms with Gasteiger partial charge in [-0.3, -0.25) is 14.9 Å². The number of ether oxygens (including phenoxy) is 3. The van der Waals surface area contributed by atoms with Crippen molar-refractivity contribution >= 4 is 38.7 Å². The average molecular weight is 605 g/mol. The average Bonchev–Trinajstić information content (AvgIpc) is 3.44. The van der Waals surface area contributed by atoms with Crippen molar-refractivity contribution < 1.29 is 19.1 Å². The Bertz CT molecular complexity index is 1700. The quantitative estimate of drug-likeness (QED) is 0.138. The van der Waals surface area contributed by atoms with E-state index in [4.69, 9.17) is 19.2 Å². The van der Waals surface area contributed by atoms with Gasteiger partial charge in [0.15, 0.2) is 11.5 Å². The number of benzene rings is 3. The Labute approximate surface area is 237 Å². The largest absolute Gasteiger partial charge is 0.488 e. The molecular weight excluding hydrogens is 580 g/mol. The minimum Gasteiger partial charge on any atom is -0.488 e. The highest BCUT2D eigenvalue weighted by molar-refractivity contribution is 9.10. The normalized spacial score (nSPS) is 15.1. The van der Waals surface area contributed by atoms with Crippen LogP contribution in [0.15, 0.2) is 69.0 Å². The molecule has 0 radical (unpaired) electrons. The number of non-ortho nitro benzene ring substituents is 1. The summed E-state index contributed by atoms with van der Waals surface area (Å²) in [6.45, 7) is 0.361. The molecule has 2 heterocycles. The van der Waals surface area contributed by atoms with Crippen LogP contribution in [-0.2, 0) is 6.61 Å². The SMILES string of the molecule is O=c1c2cc(Br)ccc2nc(C2CCCCC2)n1N=Cc1cc([N+](=O)[O-])ccc1OCc1ccc2c(c1)OCO2. The van der Waals surface area contributed by atoms with Crippen LogP contribution >= 0.6 is 15.9 Å². The molecule has 6 rings (SSSR count). The lowest BCUT2D eigenvalue weighted by Gasteiger charge is -2.22. The first kappa shape index (κ1) is 26.0. The summed E-state index contributed by atoms with van der Waals surface area (Å²) in [4.78, 5) is 29.6. The first-order valence-electron chi connectivity index (χ1n) is 13.0. The summed E-state index contributed by atoms with van der Waals surface area (Å²) in [5.41, 5.74) is 1.41. The number of fused-ring (bicyclic) bond motifs is 2. The third-order valence-electron chi connectivity index (χ3n) is 7.15. The van der Waals surface area contributed by atoms with Crippen LogP contribution in [0.5, 0.6) is 17.2 Å². The standard InChI is InChI=1S/C29H25BrN4O6/c30-21-7-9-24-23(14-21)29(35)33(28(32-24)19-4-2-1-3-5-19)31-15-20-13-22(34(36)37)8-11-25(20)38-16-18-6-10-26-27(12-18)40-17-39-26/h6-15,19H,1-5,16-17H2. The van der Waals surface area contributed by atoms with E-state index >= 15 is 0 Å². The van der Waals surface area contributed by atoms with Crippen molar-refractivity contribution in [2.75, 3.05) is 6.79 Å². The van der Waals surface area contributed by atoms with Crippen LogP contribution in [0.1, 0.15) is 55.0 Å². The zero-order chi connectivity index (χ0) is 27.6. The van der Waals surface area contributed by atoms with Crippen molar-refractivity contribution in [1.82, 2.24) is 9.66 Å². The number of rotatable bonds is 7. The van der Waals surface area contributed by atoms with Crippen LogP contribution in [0, 0.1) is 10.1 Å². The zero-order valence-electron chi connectivity index (χ0n) is 21.4. The van der Waals surface area contributed by atoms with Crippen LogP contribution in [0.2, 0.25) is 0 Å². The fourth-order valence-corrected chi connectivity index (χ4v) is 5.46. The third kappa shape index (κ3) is 5.29. The predicted molar refractivity (Wildman–Crippen MR) is 153 cm³/mol. The smallest absolute Gasteiger partial charge is 0.282 e. The maximum atomic E-state index is 13.7. The van der Waals surface area contributed by atoms with Gasteiger partial charge in [-0.2, -0.15) is 9.78 Å². The molecule has 0 saturated heterocycles. The molecule has 3 aromatic carbocycles. The molecule has 1 aliphatic carbocycles. The zero-order valence-corrected chi connectivity index (χ0v) is 23.0. The van der Waals surface area contributed by atoms with E-state index in [-0.39, 0.29) is 30.6 Å². The molecule has 0 unspecified atom stereocenters. The van der Waals surface area contributed by atoms with E-state index in [9.17, 15) is 14.9 Å². The molecule has 0 N–H and O–H groups in total. The number of nitro benzene ring substituents is 1. The minimum absolute atomic E-state index is 0.0958. The van der Waals surface area contributed by atoms with Crippen LogP contribution in [0.3, 0.4) is 0 Å². The predicted octanol–water partition coefficient (Wildman–Crippen LogP) is 6.30. The Morgan fingerprint density at radius 3 is 2.73 bits per heavy atom. The molecule has 0 spiro atoms. The van der Waals surface area contributed by atoms with Gasteiger partial charge in [0.25, 0.3) is 11.2 Å². The molecule has 4 aromatic rings. The summed E-state index contributed by atoms with van der Waals surface area (Å²) < 4.78 is 19.0. The van der Waals surface area contributed by atoms with Gasteiger partial charge < -0.3 is 14.2 Å². The van der Waals surface area contributed by atoms with Gasteiger partial charge in [-0.1, -0.05) is 41.3 Å². The van der Waals surface area contributed by atoms with E-state index in [2.05, 4.69) is 21.0 Å². The van der Waals surface area contributed by atoms with Gasteiger partial charge in [-0.15, -0.1) is 0 Å². The van der Waals surface area contributed by atoms with Crippen molar-refractivity contribution in [3.05, 3.63) is 96.5 Å². The lowest BCUT2D eigenvalue weighted by atomic mass is 9.88. The van der Waals surface area contributed by atoms with Gasteiger partial charge in [0.2, 0.25) is 6.79 Å². The summed E-state index contributed by atoms with van der Waals surface area (Å²) in [5.74, 6) is 2.39. The lowest BCUT2D eigenvalue weighted by molar-refractivity contribution is -0.384. The number of hydrogen-bond acceptors (Lipinski definition) is 8. The van der Waals surface area contributed by atoms with E-state index in [0.717, 1.165) is 42.1 Å². The van der Waals surface area contributed by atoms with Gasteiger partial charge in [-0.25, -0.2) is 4.98 Å². The summed E-state index contributed by atoms with van der Waals surface area (Å²) in [7, 11) is 0. The number of hydrogen-bond donors (Lipinski definition) is 0. The summed E-state index contributed by atoms with van der Waals surface area (Å²) >= 11 is 3.44. The number of nitro groups is 1.